The first kappa shape index (κ1) is 15.5. The maximum Gasteiger partial charge on any atom is 0.122 e. The van der Waals surface area contributed by atoms with Crippen LogP contribution in [0.4, 0.5) is 0 Å². The van der Waals surface area contributed by atoms with E-state index in [4.69, 9.17) is 9.15 Å². The van der Waals surface area contributed by atoms with Crippen LogP contribution in [-0.2, 0) is 17.8 Å². The van der Waals surface area contributed by atoms with Crippen molar-refractivity contribution in [2.45, 2.75) is 45.8 Å². The molecular weight excluding hydrogens is 252 g/mol. The average Bonchev–Trinajstić information content (AvgIpc) is 2.84. The van der Waals surface area contributed by atoms with Crippen LogP contribution in [0.1, 0.15) is 38.0 Å². The number of hydrogen-bond acceptors (Lipinski definition) is 4. The van der Waals surface area contributed by atoms with Gasteiger partial charge in [0, 0.05) is 37.9 Å². The van der Waals surface area contributed by atoms with E-state index < -0.39 is 0 Å². The topological polar surface area (TPSA) is 37.6 Å². The van der Waals surface area contributed by atoms with Gasteiger partial charge in [-0.3, -0.25) is 0 Å². The van der Waals surface area contributed by atoms with Gasteiger partial charge in [-0.1, -0.05) is 13.8 Å². The Kier molecular flexibility index (Phi) is 6.07. The van der Waals surface area contributed by atoms with Crippen molar-refractivity contribution in [3.8, 4) is 0 Å². The van der Waals surface area contributed by atoms with Crippen molar-refractivity contribution in [1.82, 2.24) is 10.2 Å². The summed E-state index contributed by atoms with van der Waals surface area (Å²) >= 11 is 0. The predicted molar refractivity (Wildman–Crippen MR) is 80.6 cm³/mol. The molecule has 0 spiro atoms. The summed E-state index contributed by atoms with van der Waals surface area (Å²) in [6.45, 7) is 9.07. The van der Waals surface area contributed by atoms with Gasteiger partial charge in [0.2, 0.25) is 0 Å². The lowest BCUT2D eigenvalue weighted by atomic mass is 10.00. The molecule has 0 unspecified atom stereocenters. The van der Waals surface area contributed by atoms with E-state index in [1.807, 2.05) is 0 Å². The van der Waals surface area contributed by atoms with E-state index in [1.165, 1.54) is 18.4 Å². The van der Waals surface area contributed by atoms with E-state index in [2.05, 4.69) is 37.2 Å². The molecule has 0 bridgehead atoms. The largest absolute Gasteiger partial charge is 0.468 e. The minimum absolute atomic E-state index is 0.480. The average molecular weight is 280 g/mol. The Morgan fingerprint density at radius 3 is 2.80 bits per heavy atom. The van der Waals surface area contributed by atoms with Crippen molar-refractivity contribution >= 4 is 0 Å². The van der Waals surface area contributed by atoms with Crippen LogP contribution in [-0.4, -0.2) is 37.7 Å². The van der Waals surface area contributed by atoms with Crippen LogP contribution in [0.15, 0.2) is 16.7 Å². The molecule has 114 valence electrons. The molecule has 0 saturated carbocycles. The van der Waals surface area contributed by atoms with Gasteiger partial charge in [-0.05, 0) is 31.9 Å². The van der Waals surface area contributed by atoms with Crippen LogP contribution in [0.5, 0.6) is 0 Å². The van der Waals surface area contributed by atoms with Gasteiger partial charge in [-0.25, -0.2) is 0 Å². The summed E-state index contributed by atoms with van der Waals surface area (Å²) in [4.78, 5) is 2.40. The van der Waals surface area contributed by atoms with Gasteiger partial charge >= 0.3 is 0 Å². The number of rotatable bonds is 7. The zero-order valence-corrected chi connectivity index (χ0v) is 13.0. The molecule has 0 aromatic carbocycles. The number of nitrogens with zero attached hydrogens (tertiary/aromatic N) is 1. The summed E-state index contributed by atoms with van der Waals surface area (Å²) < 4.78 is 11.0. The Bertz CT molecular complexity index is 384. The van der Waals surface area contributed by atoms with Gasteiger partial charge in [0.15, 0.2) is 0 Å². The Labute approximate surface area is 122 Å². The normalized spacial score (nSPS) is 17.2. The molecule has 20 heavy (non-hydrogen) atoms. The van der Waals surface area contributed by atoms with Gasteiger partial charge in [0.05, 0.1) is 12.8 Å². The van der Waals surface area contributed by atoms with E-state index in [-0.39, 0.29) is 0 Å². The molecule has 0 amide bonds. The Hall–Kier alpha value is -0.840. The molecule has 1 aliphatic rings. The summed E-state index contributed by atoms with van der Waals surface area (Å²) in [7, 11) is 2.20. The van der Waals surface area contributed by atoms with E-state index in [1.54, 1.807) is 6.26 Å². The van der Waals surface area contributed by atoms with E-state index in [0.29, 0.717) is 6.04 Å². The van der Waals surface area contributed by atoms with Gasteiger partial charge in [0.25, 0.3) is 0 Å². The van der Waals surface area contributed by atoms with Crippen LogP contribution >= 0.6 is 0 Å². The van der Waals surface area contributed by atoms with Crippen molar-refractivity contribution in [3.63, 3.8) is 0 Å². The molecule has 4 nitrogen and oxygen atoms in total. The molecular formula is C16H28N2O2. The van der Waals surface area contributed by atoms with Gasteiger partial charge in [-0.15, -0.1) is 0 Å². The maximum atomic E-state index is 5.60. The van der Waals surface area contributed by atoms with Gasteiger partial charge in [-0.2, -0.15) is 0 Å². The summed E-state index contributed by atoms with van der Waals surface area (Å²) in [5, 5.41) is 3.41. The zero-order chi connectivity index (χ0) is 14.4. The second kappa shape index (κ2) is 7.81. The second-order valence-corrected chi connectivity index (χ2v) is 6.16. The highest BCUT2D eigenvalue weighted by atomic mass is 16.5. The van der Waals surface area contributed by atoms with Crippen LogP contribution in [0.2, 0.25) is 0 Å². The fourth-order valence-electron chi connectivity index (χ4n) is 2.68. The highest BCUT2D eigenvalue weighted by molar-refractivity contribution is 5.16. The van der Waals surface area contributed by atoms with Crippen molar-refractivity contribution in [1.29, 1.82) is 0 Å². The second-order valence-electron chi connectivity index (χ2n) is 6.16. The monoisotopic (exact) mass is 280 g/mol. The first-order chi connectivity index (χ1) is 9.65. The smallest absolute Gasteiger partial charge is 0.122 e. The molecule has 1 aromatic heterocycles. The van der Waals surface area contributed by atoms with E-state index in [0.717, 1.165) is 44.5 Å². The lowest BCUT2D eigenvalue weighted by molar-refractivity contribution is 0.0549. The molecule has 4 heteroatoms. The molecule has 0 radical (unpaired) electrons. The molecule has 1 fully saturated rings. The number of nitrogens with one attached hydrogen (secondary N) is 1. The van der Waals surface area contributed by atoms with E-state index >= 15 is 0 Å². The molecule has 0 atom stereocenters. The van der Waals surface area contributed by atoms with E-state index in [9.17, 15) is 0 Å². The summed E-state index contributed by atoms with van der Waals surface area (Å²) in [5.74, 6) is 1.84. The molecule has 1 aliphatic heterocycles. The van der Waals surface area contributed by atoms with Crippen LogP contribution in [0.3, 0.4) is 0 Å². The van der Waals surface area contributed by atoms with Crippen molar-refractivity contribution in [2.75, 3.05) is 26.8 Å². The first-order valence-corrected chi connectivity index (χ1v) is 7.70. The third kappa shape index (κ3) is 4.93. The lowest BCUT2D eigenvalue weighted by Gasteiger charge is -2.27. The van der Waals surface area contributed by atoms with Crippen LogP contribution < -0.4 is 5.32 Å². The Balaban J connectivity index is 1.81. The Morgan fingerprint density at radius 1 is 1.35 bits per heavy atom. The van der Waals surface area contributed by atoms with Crippen molar-refractivity contribution < 1.29 is 9.15 Å². The summed E-state index contributed by atoms with van der Waals surface area (Å²) in [6, 6.07) is 2.57. The minimum atomic E-state index is 0.480. The fourth-order valence-corrected chi connectivity index (χ4v) is 2.68. The van der Waals surface area contributed by atoms with Crippen LogP contribution in [0, 0.1) is 5.92 Å². The number of furan rings is 1. The fraction of sp³-hybridized carbons (Fsp3) is 0.750. The maximum absolute atomic E-state index is 5.60. The standard InChI is InChI=1S/C16H28N2O2/c1-13(2)17-10-16-15(6-9-20-16)12-18(3)11-14-4-7-19-8-5-14/h6,9,13-14,17H,4-5,7-8,10-12H2,1-3H3. The zero-order valence-electron chi connectivity index (χ0n) is 13.0. The quantitative estimate of drug-likeness (QED) is 0.833. The molecule has 1 N–H and O–H groups in total. The molecule has 2 heterocycles. The third-order valence-electron chi connectivity index (χ3n) is 3.86. The highest BCUT2D eigenvalue weighted by Crippen LogP contribution is 2.18. The van der Waals surface area contributed by atoms with Gasteiger partial charge in [0.1, 0.15) is 5.76 Å². The van der Waals surface area contributed by atoms with Crippen LogP contribution in [0.25, 0.3) is 0 Å². The summed E-state index contributed by atoms with van der Waals surface area (Å²) in [5.41, 5.74) is 1.30. The molecule has 1 saturated heterocycles. The van der Waals surface area contributed by atoms with Gasteiger partial charge < -0.3 is 19.4 Å². The Morgan fingerprint density at radius 2 is 2.10 bits per heavy atom. The lowest BCUT2D eigenvalue weighted by Crippen LogP contribution is -2.29. The first-order valence-electron chi connectivity index (χ1n) is 7.70. The predicted octanol–water partition coefficient (Wildman–Crippen LogP) is 2.64. The minimum Gasteiger partial charge on any atom is -0.468 e. The number of hydrogen-bond donors (Lipinski definition) is 1. The van der Waals surface area contributed by atoms with Crippen molar-refractivity contribution in [2.24, 2.45) is 5.92 Å². The summed E-state index contributed by atoms with van der Waals surface area (Å²) in [6.07, 6.45) is 4.18. The highest BCUT2D eigenvalue weighted by Gasteiger charge is 2.17. The van der Waals surface area contributed by atoms with Crippen molar-refractivity contribution in [3.05, 3.63) is 23.7 Å². The molecule has 0 aliphatic carbocycles. The molecule has 2 rings (SSSR count). The SMILES string of the molecule is CC(C)NCc1occc1CN(C)CC1CCOCC1. The third-order valence-corrected chi connectivity index (χ3v) is 3.86. The number of ether oxygens (including phenoxy) is 1. The molecule has 1 aromatic rings.